The molecule has 4 N–H and O–H groups in total. The Kier molecular flexibility index (Phi) is 5.34. The fraction of sp³-hybridized carbons (Fsp3) is 0.400. The number of hydrogen-bond acceptors (Lipinski definition) is 7. The molecule has 0 aliphatic heterocycles. The van der Waals surface area contributed by atoms with Crippen LogP contribution in [0.4, 0.5) is 5.69 Å². The van der Waals surface area contributed by atoms with Gasteiger partial charge in [0.2, 0.25) is 0 Å². The molecule has 1 aromatic rings. The lowest BCUT2D eigenvalue weighted by molar-refractivity contribution is 0.317. The second-order valence-corrected chi connectivity index (χ2v) is 7.62. The maximum absolute atomic E-state index is 11.3. The SMILES string of the molecule is Nc1ccc(S(=O)(=O)O)cc1OCCS(=O)(=O)CCO. The van der Waals surface area contributed by atoms with Crippen molar-refractivity contribution in [2.24, 2.45) is 0 Å². The van der Waals surface area contributed by atoms with Gasteiger partial charge in [-0.15, -0.1) is 0 Å². The van der Waals surface area contributed by atoms with Crippen LogP contribution in [0.25, 0.3) is 0 Å². The zero-order valence-corrected chi connectivity index (χ0v) is 12.0. The lowest BCUT2D eigenvalue weighted by Gasteiger charge is -2.10. The van der Waals surface area contributed by atoms with Gasteiger partial charge in [0, 0.05) is 6.07 Å². The highest BCUT2D eigenvalue weighted by Gasteiger charge is 2.14. The van der Waals surface area contributed by atoms with E-state index < -0.39 is 31.5 Å². The van der Waals surface area contributed by atoms with Crippen LogP contribution in [0.1, 0.15) is 0 Å². The second kappa shape index (κ2) is 6.39. The first-order valence-electron chi connectivity index (χ1n) is 5.47. The van der Waals surface area contributed by atoms with Crippen molar-refractivity contribution >= 4 is 25.6 Å². The minimum absolute atomic E-state index is 0.0423. The van der Waals surface area contributed by atoms with Crippen LogP contribution in [0, 0.1) is 0 Å². The molecule has 20 heavy (non-hydrogen) atoms. The van der Waals surface area contributed by atoms with Gasteiger partial charge in [-0.1, -0.05) is 0 Å². The van der Waals surface area contributed by atoms with Gasteiger partial charge < -0.3 is 15.6 Å². The van der Waals surface area contributed by atoms with Gasteiger partial charge in [0.05, 0.1) is 28.7 Å². The predicted molar refractivity (Wildman–Crippen MR) is 71.9 cm³/mol. The molecule has 0 fully saturated rings. The standard InChI is InChI=1S/C10H15NO7S2/c11-9-2-1-8(20(15,16)17)7-10(9)18-4-6-19(13,14)5-3-12/h1-2,7,12H,3-6,11H2,(H,15,16,17). The van der Waals surface area contributed by atoms with E-state index in [2.05, 4.69) is 0 Å². The number of nitrogens with two attached hydrogens (primary N) is 1. The Balaban J connectivity index is 2.79. The topological polar surface area (TPSA) is 144 Å². The molecule has 8 nitrogen and oxygen atoms in total. The van der Waals surface area contributed by atoms with Crippen molar-refractivity contribution in [1.82, 2.24) is 0 Å². The number of aliphatic hydroxyl groups excluding tert-OH is 1. The van der Waals surface area contributed by atoms with Crippen LogP contribution in [-0.4, -0.2) is 51.2 Å². The molecule has 10 heteroatoms. The monoisotopic (exact) mass is 325 g/mol. The van der Waals surface area contributed by atoms with Crippen molar-refractivity contribution in [3.05, 3.63) is 18.2 Å². The minimum Gasteiger partial charge on any atom is -0.490 e. The summed E-state index contributed by atoms with van der Waals surface area (Å²) in [6.07, 6.45) is 0. The first-order chi connectivity index (χ1) is 9.15. The van der Waals surface area contributed by atoms with Crippen molar-refractivity contribution in [3.8, 4) is 5.75 Å². The molecule has 0 aromatic heterocycles. The number of rotatable bonds is 7. The third-order valence-electron chi connectivity index (χ3n) is 2.34. The number of anilines is 1. The highest BCUT2D eigenvalue weighted by Crippen LogP contribution is 2.25. The second-order valence-electron chi connectivity index (χ2n) is 3.90. The average Bonchev–Trinajstić information content (AvgIpc) is 2.29. The van der Waals surface area contributed by atoms with Crippen LogP contribution in [0.15, 0.2) is 23.1 Å². The van der Waals surface area contributed by atoms with E-state index in [0.29, 0.717) is 0 Å². The van der Waals surface area contributed by atoms with Gasteiger partial charge in [0.15, 0.2) is 9.84 Å². The maximum Gasteiger partial charge on any atom is 0.294 e. The highest BCUT2D eigenvalue weighted by molar-refractivity contribution is 7.91. The molecule has 114 valence electrons. The highest BCUT2D eigenvalue weighted by atomic mass is 32.2. The van der Waals surface area contributed by atoms with Gasteiger partial charge in [-0.3, -0.25) is 4.55 Å². The number of nitrogen functional groups attached to an aromatic ring is 1. The Bertz CT molecular complexity index is 667. The molecule has 0 spiro atoms. The first-order valence-corrected chi connectivity index (χ1v) is 8.73. The van der Waals surface area contributed by atoms with E-state index in [1.807, 2.05) is 0 Å². The van der Waals surface area contributed by atoms with Crippen molar-refractivity contribution in [2.45, 2.75) is 4.90 Å². The Labute approximate surface area is 116 Å². The van der Waals surface area contributed by atoms with E-state index in [4.69, 9.17) is 20.1 Å². The lowest BCUT2D eigenvalue weighted by Crippen LogP contribution is -2.19. The van der Waals surface area contributed by atoms with Gasteiger partial charge in [-0.05, 0) is 12.1 Å². The zero-order valence-electron chi connectivity index (χ0n) is 10.4. The van der Waals surface area contributed by atoms with E-state index in [1.165, 1.54) is 6.07 Å². The van der Waals surface area contributed by atoms with Crippen LogP contribution in [0.3, 0.4) is 0 Å². The fourth-order valence-electron chi connectivity index (χ4n) is 1.32. The Hall–Kier alpha value is -1.36. The molecule has 0 heterocycles. The molecule has 0 aliphatic carbocycles. The van der Waals surface area contributed by atoms with Gasteiger partial charge in [0.1, 0.15) is 12.4 Å². The van der Waals surface area contributed by atoms with Gasteiger partial charge in [-0.2, -0.15) is 8.42 Å². The van der Waals surface area contributed by atoms with Gasteiger partial charge in [0.25, 0.3) is 10.1 Å². The summed E-state index contributed by atoms with van der Waals surface area (Å²) in [6, 6.07) is 3.32. The molecule has 0 saturated carbocycles. The summed E-state index contributed by atoms with van der Waals surface area (Å²) in [4.78, 5) is -0.403. The molecule has 0 saturated heterocycles. The lowest BCUT2D eigenvalue weighted by atomic mass is 10.3. The summed E-state index contributed by atoms with van der Waals surface area (Å²) < 4.78 is 58.5. The van der Waals surface area contributed by atoms with Crippen LogP contribution in [0.2, 0.25) is 0 Å². The Morgan fingerprint density at radius 2 is 1.80 bits per heavy atom. The Morgan fingerprint density at radius 3 is 2.35 bits per heavy atom. The predicted octanol–water partition coefficient (Wildman–Crippen LogP) is -0.699. The molecule has 0 atom stereocenters. The molecule has 0 aliphatic rings. The van der Waals surface area contributed by atoms with E-state index in [9.17, 15) is 16.8 Å². The van der Waals surface area contributed by atoms with E-state index in [0.717, 1.165) is 12.1 Å². The normalized spacial score (nSPS) is 12.3. The quantitative estimate of drug-likeness (QED) is 0.441. The maximum atomic E-state index is 11.3. The van der Waals surface area contributed by atoms with Crippen LogP contribution in [0.5, 0.6) is 5.75 Å². The molecular weight excluding hydrogens is 310 g/mol. The summed E-state index contributed by atoms with van der Waals surface area (Å²) in [6.45, 7) is -0.732. The zero-order chi connectivity index (χ0) is 15.4. The number of ether oxygens (including phenoxy) is 1. The smallest absolute Gasteiger partial charge is 0.294 e. The number of hydrogen-bond donors (Lipinski definition) is 3. The van der Waals surface area contributed by atoms with E-state index in [-0.39, 0.29) is 29.5 Å². The minimum atomic E-state index is -4.39. The van der Waals surface area contributed by atoms with Crippen molar-refractivity contribution in [2.75, 3.05) is 30.5 Å². The summed E-state index contributed by atoms with van der Waals surface area (Å²) in [7, 11) is -7.83. The van der Waals surface area contributed by atoms with Crippen LogP contribution in [-0.2, 0) is 20.0 Å². The molecule has 1 rings (SSSR count). The van der Waals surface area contributed by atoms with E-state index >= 15 is 0 Å². The van der Waals surface area contributed by atoms with Gasteiger partial charge >= 0.3 is 0 Å². The van der Waals surface area contributed by atoms with Gasteiger partial charge in [-0.25, -0.2) is 8.42 Å². The van der Waals surface area contributed by atoms with Crippen molar-refractivity contribution in [3.63, 3.8) is 0 Å². The van der Waals surface area contributed by atoms with Crippen molar-refractivity contribution < 1.29 is 31.2 Å². The summed E-state index contributed by atoms with van der Waals surface area (Å²) in [5.41, 5.74) is 5.66. The summed E-state index contributed by atoms with van der Waals surface area (Å²) in [5.74, 6) is -0.765. The molecule has 0 radical (unpaired) electrons. The third-order valence-corrected chi connectivity index (χ3v) is 4.78. The third kappa shape index (κ3) is 4.96. The van der Waals surface area contributed by atoms with Crippen LogP contribution < -0.4 is 10.5 Å². The summed E-state index contributed by atoms with van der Waals surface area (Å²) in [5, 5.41) is 8.55. The van der Waals surface area contributed by atoms with E-state index in [1.54, 1.807) is 0 Å². The molecule has 1 aromatic carbocycles. The first kappa shape index (κ1) is 16.7. The molecule has 0 amide bonds. The van der Waals surface area contributed by atoms with Crippen molar-refractivity contribution in [1.29, 1.82) is 0 Å². The summed E-state index contributed by atoms with van der Waals surface area (Å²) >= 11 is 0. The largest absolute Gasteiger partial charge is 0.490 e. The number of benzene rings is 1. The number of sulfone groups is 1. The molecule has 0 bridgehead atoms. The molecule has 0 unspecified atom stereocenters. The van der Waals surface area contributed by atoms with Crippen LogP contribution >= 0.6 is 0 Å². The number of aliphatic hydroxyl groups is 1. The fourth-order valence-corrected chi connectivity index (χ4v) is 2.64. The Morgan fingerprint density at radius 1 is 1.15 bits per heavy atom. The average molecular weight is 325 g/mol. The molecular formula is C10H15NO7S2.